The number of hydrogen-bond donors (Lipinski definition) is 1. The van der Waals surface area contributed by atoms with Gasteiger partial charge >= 0.3 is 0 Å². The van der Waals surface area contributed by atoms with E-state index >= 15 is 0 Å². The van der Waals surface area contributed by atoms with E-state index < -0.39 is 0 Å². The topological polar surface area (TPSA) is 26.2 Å². The van der Waals surface area contributed by atoms with E-state index in [4.69, 9.17) is 4.74 Å². The number of rotatable bonds is 7. The highest BCUT2D eigenvalue weighted by Crippen LogP contribution is 2.23. The molecule has 0 unspecified atom stereocenters. The molecule has 2 rings (SSSR count). The Hall–Kier alpha value is -1.32. The van der Waals surface area contributed by atoms with E-state index in [0.29, 0.717) is 6.04 Å². The van der Waals surface area contributed by atoms with Gasteiger partial charge in [-0.15, -0.1) is 0 Å². The highest BCUT2D eigenvalue weighted by atomic mass is 16.5. The summed E-state index contributed by atoms with van der Waals surface area (Å²) >= 11 is 0. The van der Waals surface area contributed by atoms with Crippen LogP contribution in [-0.4, -0.2) is 23.3 Å². The summed E-state index contributed by atoms with van der Waals surface area (Å²) < 4.78 is 7.98. The molecular formula is C18H28N2O. The molecule has 0 aliphatic heterocycles. The van der Waals surface area contributed by atoms with Crippen molar-refractivity contribution in [3.8, 4) is 0 Å². The molecular weight excluding hydrogens is 260 g/mol. The maximum Gasteiger partial charge on any atom is 0.0639 e. The molecule has 0 spiro atoms. The average Bonchev–Trinajstić information content (AvgIpc) is 2.81. The van der Waals surface area contributed by atoms with Crippen LogP contribution in [0.4, 0.5) is 0 Å². The van der Waals surface area contributed by atoms with Crippen LogP contribution in [-0.2, 0) is 17.8 Å². The number of para-hydroxylation sites is 1. The van der Waals surface area contributed by atoms with Gasteiger partial charge in [-0.3, -0.25) is 0 Å². The van der Waals surface area contributed by atoms with Gasteiger partial charge in [0.05, 0.1) is 5.60 Å². The van der Waals surface area contributed by atoms with Crippen LogP contribution < -0.4 is 5.32 Å². The van der Waals surface area contributed by atoms with Gasteiger partial charge in [-0.2, -0.15) is 0 Å². The van der Waals surface area contributed by atoms with E-state index in [9.17, 15) is 0 Å². The van der Waals surface area contributed by atoms with Crippen molar-refractivity contribution in [1.29, 1.82) is 0 Å². The fourth-order valence-corrected chi connectivity index (χ4v) is 2.47. The standard InChI is InChI=1S/C18H28N2O/c1-14(2)19-13-16-12-15-8-6-7-9-17(15)20(16)11-10-18(3,4)21-5/h6-9,12,14,19H,10-11,13H2,1-5H3. The molecule has 3 heteroatoms. The lowest BCUT2D eigenvalue weighted by Gasteiger charge is -2.24. The van der Waals surface area contributed by atoms with Gasteiger partial charge in [-0.25, -0.2) is 0 Å². The van der Waals surface area contributed by atoms with E-state index in [1.165, 1.54) is 16.6 Å². The van der Waals surface area contributed by atoms with Crippen LogP contribution in [0.3, 0.4) is 0 Å². The van der Waals surface area contributed by atoms with Gasteiger partial charge in [0, 0.05) is 37.5 Å². The molecule has 3 nitrogen and oxygen atoms in total. The van der Waals surface area contributed by atoms with Crippen molar-refractivity contribution in [3.63, 3.8) is 0 Å². The number of ether oxygens (including phenoxy) is 1. The molecule has 21 heavy (non-hydrogen) atoms. The number of fused-ring (bicyclic) bond motifs is 1. The Morgan fingerprint density at radius 2 is 1.95 bits per heavy atom. The second kappa shape index (κ2) is 6.63. The van der Waals surface area contributed by atoms with Crippen molar-refractivity contribution in [3.05, 3.63) is 36.0 Å². The van der Waals surface area contributed by atoms with E-state index in [0.717, 1.165) is 19.5 Å². The van der Waals surface area contributed by atoms with Crippen molar-refractivity contribution in [1.82, 2.24) is 9.88 Å². The molecule has 1 N–H and O–H groups in total. The fourth-order valence-electron chi connectivity index (χ4n) is 2.47. The molecule has 0 amide bonds. The summed E-state index contributed by atoms with van der Waals surface area (Å²) in [6, 6.07) is 11.4. The van der Waals surface area contributed by atoms with Crippen LogP contribution >= 0.6 is 0 Å². The molecule has 0 bridgehead atoms. The number of nitrogens with zero attached hydrogens (tertiary/aromatic N) is 1. The van der Waals surface area contributed by atoms with E-state index in [-0.39, 0.29) is 5.60 Å². The SMILES string of the molecule is COC(C)(C)CCn1c(CNC(C)C)cc2ccccc21. The van der Waals surface area contributed by atoms with Gasteiger partial charge in [-0.05, 0) is 37.8 Å². The first-order valence-corrected chi connectivity index (χ1v) is 7.78. The van der Waals surface area contributed by atoms with Crippen LogP contribution in [0.5, 0.6) is 0 Å². The van der Waals surface area contributed by atoms with Crippen LogP contribution in [0, 0.1) is 0 Å². The predicted octanol–water partition coefficient (Wildman–Crippen LogP) is 3.95. The van der Waals surface area contributed by atoms with E-state index in [2.05, 4.69) is 67.9 Å². The number of benzene rings is 1. The van der Waals surface area contributed by atoms with E-state index in [1.807, 2.05) is 0 Å². The van der Waals surface area contributed by atoms with Crippen LogP contribution in [0.25, 0.3) is 10.9 Å². The normalized spacial score (nSPS) is 12.5. The Kier molecular flexibility index (Phi) is 5.07. The molecule has 0 atom stereocenters. The number of hydrogen-bond acceptors (Lipinski definition) is 2. The van der Waals surface area contributed by atoms with Crippen molar-refractivity contribution in [2.24, 2.45) is 0 Å². The minimum Gasteiger partial charge on any atom is -0.379 e. The lowest BCUT2D eigenvalue weighted by atomic mass is 10.1. The zero-order valence-electron chi connectivity index (χ0n) is 13.9. The van der Waals surface area contributed by atoms with Gasteiger partial charge in [0.1, 0.15) is 0 Å². The lowest BCUT2D eigenvalue weighted by Crippen LogP contribution is -2.26. The summed E-state index contributed by atoms with van der Waals surface area (Å²) in [7, 11) is 1.79. The molecule has 0 radical (unpaired) electrons. The molecule has 0 aliphatic carbocycles. The quantitative estimate of drug-likeness (QED) is 0.835. The van der Waals surface area contributed by atoms with E-state index in [1.54, 1.807) is 7.11 Å². The third-order valence-electron chi connectivity index (χ3n) is 4.08. The molecule has 0 aliphatic rings. The summed E-state index contributed by atoms with van der Waals surface area (Å²) in [5, 5.41) is 4.84. The molecule has 0 saturated carbocycles. The summed E-state index contributed by atoms with van der Waals surface area (Å²) in [6.07, 6.45) is 0.997. The molecule has 2 aromatic rings. The van der Waals surface area contributed by atoms with Gasteiger partial charge in [-0.1, -0.05) is 32.0 Å². The molecule has 1 aromatic carbocycles. The average molecular weight is 288 g/mol. The Labute approximate surface area is 128 Å². The highest BCUT2D eigenvalue weighted by Gasteiger charge is 2.18. The zero-order chi connectivity index (χ0) is 15.5. The first kappa shape index (κ1) is 16.1. The summed E-state index contributed by atoms with van der Waals surface area (Å²) in [5.41, 5.74) is 2.57. The smallest absolute Gasteiger partial charge is 0.0639 e. The monoisotopic (exact) mass is 288 g/mol. The Morgan fingerprint density at radius 1 is 1.24 bits per heavy atom. The Morgan fingerprint density at radius 3 is 2.62 bits per heavy atom. The zero-order valence-corrected chi connectivity index (χ0v) is 13.9. The van der Waals surface area contributed by atoms with Gasteiger partial charge < -0.3 is 14.6 Å². The largest absolute Gasteiger partial charge is 0.379 e. The van der Waals surface area contributed by atoms with Crippen molar-refractivity contribution < 1.29 is 4.74 Å². The number of aromatic nitrogens is 1. The highest BCUT2D eigenvalue weighted by molar-refractivity contribution is 5.81. The summed E-state index contributed by atoms with van der Waals surface area (Å²) in [4.78, 5) is 0. The van der Waals surface area contributed by atoms with Crippen LogP contribution in [0.2, 0.25) is 0 Å². The van der Waals surface area contributed by atoms with Gasteiger partial charge in [0.25, 0.3) is 0 Å². The molecule has 1 aromatic heterocycles. The predicted molar refractivity (Wildman–Crippen MR) is 89.6 cm³/mol. The molecule has 0 fully saturated rings. The molecule has 1 heterocycles. The number of nitrogens with one attached hydrogen (secondary N) is 1. The Balaban J connectivity index is 2.27. The second-order valence-corrected chi connectivity index (χ2v) is 6.60. The van der Waals surface area contributed by atoms with Crippen molar-refractivity contribution >= 4 is 10.9 Å². The minimum absolute atomic E-state index is 0.0892. The minimum atomic E-state index is -0.0892. The van der Waals surface area contributed by atoms with Crippen molar-refractivity contribution in [2.45, 2.75) is 58.8 Å². The lowest BCUT2D eigenvalue weighted by molar-refractivity contribution is 0.0121. The van der Waals surface area contributed by atoms with Crippen LogP contribution in [0.15, 0.2) is 30.3 Å². The fraction of sp³-hybridized carbons (Fsp3) is 0.556. The first-order valence-electron chi connectivity index (χ1n) is 7.78. The number of aryl methyl sites for hydroxylation is 1. The van der Waals surface area contributed by atoms with Crippen LogP contribution in [0.1, 0.15) is 39.8 Å². The maximum atomic E-state index is 5.56. The third-order valence-corrected chi connectivity index (χ3v) is 4.08. The molecule has 116 valence electrons. The Bertz CT molecular complexity index is 584. The maximum absolute atomic E-state index is 5.56. The van der Waals surface area contributed by atoms with Crippen molar-refractivity contribution in [2.75, 3.05) is 7.11 Å². The van der Waals surface area contributed by atoms with Gasteiger partial charge in [0.2, 0.25) is 0 Å². The summed E-state index contributed by atoms with van der Waals surface area (Å²) in [5.74, 6) is 0. The molecule has 0 saturated heterocycles. The summed E-state index contributed by atoms with van der Waals surface area (Å²) in [6.45, 7) is 10.5. The first-order chi connectivity index (χ1) is 9.93. The number of methoxy groups -OCH3 is 1. The van der Waals surface area contributed by atoms with Gasteiger partial charge in [0.15, 0.2) is 0 Å². The second-order valence-electron chi connectivity index (χ2n) is 6.60. The third kappa shape index (κ3) is 4.08.